The fourth-order valence-corrected chi connectivity index (χ4v) is 3.81. The quantitative estimate of drug-likeness (QED) is 0.802. The van der Waals surface area contributed by atoms with E-state index in [9.17, 15) is 9.59 Å². The molecule has 0 saturated carbocycles. The number of hydrogen-bond acceptors (Lipinski definition) is 3. The van der Waals surface area contributed by atoms with Crippen LogP contribution in [-0.2, 0) is 9.59 Å². The van der Waals surface area contributed by atoms with Gasteiger partial charge in [0.1, 0.15) is 6.04 Å². The maximum atomic E-state index is 11.9. The van der Waals surface area contributed by atoms with Gasteiger partial charge in [0.25, 0.3) is 0 Å². The zero-order valence-electron chi connectivity index (χ0n) is 9.78. The fourth-order valence-electron chi connectivity index (χ4n) is 2.38. The zero-order valence-corrected chi connectivity index (χ0v) is 10.6. The van der Waals surface area contributed by atoms with Crippen molar-refractivity contribution in [2.24, 2.45) is 0 Å². The predicted octanol–water partition coefficient (Wildman–Crippen LogP) is 0.967. The molecular formula is C11H18N2O2S. The molecule has 2 heterocycles. The van der Waals surface area contributed by atoms with Gasteiger partial charge < -0.3 is 10.2 Å². The number of rotatable bonds is 3. The van der Waals surface area contributed by atoms with Crippen LogP contribution in [0.15, 0.2) is 0 Å². The normalized spacial score (nSPS) is 33.0. The van der Waals surface area contributed by atoms with E-state index in [0.717, 1.165) is 18.6 Å². The van der Waals surface area contributed by atoms with Crippen LogP contribution in [0.4, 0.5) is 0 Å². The number of fused-ring (bicyclic) bond motifs is 1. The Labute approximate surface area is 100 Å². The summed E-state index contributed by atoms with van der Waals surface area (Å²) < 4.78 is 0. The highest BCUT2D eigenvalue weighted by Crippen LogP contribution is 2.47. The van der Waals surface area contributed by atoms with Crippen LogP contribution in [-0.4, -0.2) is 39.9 Å². The summed E-state index contributed by atoms with van der Waals surface area (Å²) in [6, 6.07) is -0.253. The van der Waals surface area contributed by atoms with Crippen molar-refractivity contribution in [3.05, 3.63) is 0 Å². The standard InChI is InChI=1S/C11H18N2O2S/c1-3-6-12-10(15)8-7-16-11(2)5-4-9(14)13(8)11/h8H,3-7H2,1-2H3,(H,12,15)/t8-,11+/m1/s1. The van der Waals surface area contributed by atoms with E-state index in [2.05, 4.69) is 12.2 Å². The van der Waals surface area contributed by atoms with Gasteiger partial charge in [0, 0.05) is 18.7 Å². The summed E-state index contributed by atoms with van der Waals surface area (Å²) in [5, 5.41) is 2.88. The Kier molecular flexibility index (Phi) is 3.15. The first-order chi connectivity index (χ1) is 7.58. The third-order valence-corrected chi connectivity index (χ3v) is 4.80. The Balaban J connectivity index is 2.07. The molecule has 2 saturated heterocycles. The van der Waals surface area contributed by atoms with Crippen LogP contribution >= 0.6 is 11.8 Å². The summed E-state index contributed by atoms with van der Waals surface area (Å²) in [6.07, 6.45) is 2.38. The molecule has 0 spiro atoms. The van der Waals surface area contributed by atoms with Gasteiger partial charge in [0.2, 0.25) is 11.8 Å². The van der Waals surface area contributed by atoms with Gasteiger partial charge in [-0.05, 0) is 19.8 Å². The Morgan fingerprint density at radius 3 is 3.12 bits per heavy atom. The van der Waals surface area contributed by atoms with Gasteiger partial charge in [-0.15, -0.1) is 11.8 Å². The van der Waals surface area contributed by atoms with Crippen molar-refractivity contribution in [1.29, 1.82) is 0 Å². The van der Waals surface area contributed by atoms with E-state index in [-0.39, 0.29) is 22.7 Å². The summed E-state index contributed by atoms with van der Waals surface area (Å²) in [7, 11) is 0. The van der Waals surface area contributed by atoms with Crippen LogP contribution in [0.25, 0.3) is 0 Å². The van der Waals surface area contributed by atoms with Crippen LogP contribution in [0.3, 0.4) is 0 Å². The van der Waals surface area contributed by atoms with Crippen molar-refractivity contribution >= 4 is 23.6 Å². The minimum absolute atomic E-state index is 0.00771. The lowest BCUT2D eigenvalue weighted by molar-refractivity contribution is -0.137. The van der Waals surface area contributed by atoms with Gasteiger partial charge in [0.05, 0.1) is 4.87 Å². The Morgan fingerprint density at radius 2 is 2.44 bits per heavy atom. The number of carbonyl (C=O) groups is 2. The van der Waals surface area contributed by atoms with Gasteiger partial charge >= 0.3 is 0 Å². The smallest absolute Gasteiger partial charge is 0.243 e. The molecular weight excluding hydrogens is 224 g/mol. The first-order valence-corrected chi connectivity index (χ1v) is 6.81. The van der Waals surface area contributed by atoms with E-state index in [1.54, 1.807) is 16.7 Å². The van der Waals surface area contributed by atoms with Crippen molar-refractivity contribution < 1.29 is 9.59 Å². The molecule has 2 aliphatic rings. The molecule has 0 aromatic rings. The summed E-state index contributed by atoms with van der Waals surface area (Å²) in [4.78, 5) is 25.4. The van der Waals surface area contributed by atoms with E-state index < -0.39 is 0 Å². The minimum Gasteiger partial charge on any atom is -0.354 e. The molecule has 2 rings (SSSR count). The van der Waals surface area contributed by atoms with E-state index >= 15 is 0 Å². The largest absolute Gasteiger partial charge is 0.354 e. The van der Waals surface area contributed by atoms with Crippen LogP contribution < -0.4 is 5.32 Å². The summed E-state index contributed by atoms with van der Waals surface area (Å²) in [6.45, 7) is 4.78. The maximum Gasteiger partial charge on any atom is 0.243 e. The highest BCUT2D eigenvalue weighted by atomic mass is 32.2. The van der Waals surface area contributed by atoms with Crippen molar-refractivity contribution in [2.75, 3.05) is 12.3 Å². The number of carbonyl (C=O) groups excluding carboxylic acids is 2. The first-order valence-electron chi connectivity index (χ1n) is 5.82. The van der Waals surface area contributed by atoms with Crippen molar-refractivity contribution in [2.45, 2.75) is 44.0 Å². The fraction of sp³-hybridized carbons (Fsp3) is 0.818. The third-order valence-electron chi connectivity index (χ3n) is 3.30. The lowest BCUT2D eigenvalue weighted by Gasteiger charge is -2.29. The topological polar surface area (TPSA) is 49.4 Å². The molecule has 2 fully saturated rings. The number of hydrogen-bond donors (Lipinski definition) is 1. The Bertz CT molecular complexity index is 321. The second-order valence-electron chi connectivity index (χ2n) is 4.56. The summed E-state index contributed by atoms with van der Waals surface area (Å²) in [5.74, 6) is 0.870. The van der Waals surface area contributed by atoms with E-state index in [1.807, 2.05) is 6.92 Å². The maximum absolute atomic E-state index is 11.9. The Morgan fingerprint density at radius 1 is 1.69 bits per heavy atom. The van der Waals surface area contributed by atoms with Crippen LogP contribution in [0, 0.1) is 0 Å². The first kappa shape index (κ1) is 11.8. The average molecular weight is 242 g/mol. The lowest BCUT2D eigenvalue weighted by atomic mass is 10.2. The van der Waals surface area contributed by atoms with Crippen molar-refractivity contribution in [1.82, 2.24) is 10.2 Å². The van der Waals surface area contributed by atoms with Gasteiger partial charge in [-0.1, -0.05) is 6.92 Å². The van der Waals surface area contributed by atoms with Gasteiger partial charge in [-0.3, -0.25) is 9.59 Å². The molecule has 0 aliphatic carbocycles. The van der Waals surface area contributed by atoms with E-state index in [1.165, 1.54) is 0 Å². The van der Waals surface area contributed by atoms with Crippen molar-refractivity contribution in [3.63, 3.8) is 0 Å². The van der Waals surface area contributed by atoms with Crippen LogP contribution in [0.1, 0.15) is 33.1 Å². The van der Waals surface area contributed by atoms with Crippen molar-refractivity contribution in [3.8, 4) is 0 Å². The van der Waals surface area contributed by atoms with E-state index in [0.29, 0.717) is 13.0 Å². The molecule has 2 amide bonds. The van der Waals surface area contributed by atoms with Gasteiger partial charge in [-0.2, -0.15) is 0 Å². The van der Waals surface area contributed by atoms with Crippen LogP contribution in [0.2, 0.25) is 0 Å². The summed E-state index contributed by atoms with van der Waals surface area (Å²) >= 11 is 1.73. The highest BCUT2D eigenvalue weighted by molar-refractivity contribution is 8.01. The molecule has 0 radical (unpaired) electrons. The van der Waals surface area contributed by atoms with Crippen LogP contribution in [0.5, 0.6) is 0 Å². The lowest BCUT2D eigenvalue weighted by Crippen LogP contribution is -2.50. The zero-order chi connectivity index (χ0) is 11.8. The molecule has 0 aromatic heterocycles. The van der Waals surface area contributed by atoms with E-state index in [4.69, 9.17) is 0 Å². The highest BCUT2D eigenvalue weighted by Gasteiger charge is 2.52. The summed E-state index contributed by atoms with van der Waals surface area (Å²) in [5.41, 5.74) is 0. The minimum atomic E-state index is -0.253. The molecule has 2 atom stereocenters. The second kappa shape index (κ2) is 4.28. The molecule has 16 heavy (non-hydrogen) atoms. The number of nitrogens with zero attached hydrogens (tertiary/aromatic N) is 1. The molecule has 4 nitrogen and oxygen atoms in total. The molecule has 90 valence electrons. The SMILES string of the molecule is CCCNC(=O)[C@H]1CS[C@@]2(C)CCC(=O)N12. The van der Waals surface area contributed by atoms with Gasteiger partial charge in [-0.25, -0.2) is 0 Å². The number of thioether (sulfide) groups is 1. The number of amides is 2. The predicted molar refractivity (Wildman–Crippen MR) is 64.0 cm³/mol. The Hall–Kier alpha value is -0.710. The third kappa shape index (κ3) is 1.81. The average Bonchev–Trinajstić information content (AvgIpc) is 2.73. The molecule has 2 aliphatic heterocycles. The molecule has 1 N–H and O–H groups in total. The monoisotopic (exact) mass is 242 g/mol. The molecule has 0 unspecified atom stereocenters. The molecule has 0 aromatic carbocycles. The van der Waals surface area contributed by atoms with Gasteiger partial charge in [0.15, 0.2) is 0 Å². The number of nitrogens with one attached hydrogen (secondary N) is 1. The molecule has 0 bridgehead atoms. The molecule has 5 heteroatoms. The second-order valence-corrected chi connectivity index (χ2v) is 6.06.